The summed E-state index contributed by atoms with van der Waals surface area (Å²) in [5.74, 6) is -1.01. The van der Waals surface area contributed by atoms with Crippen molar-refractivity contribution in [1.29, 1.82) is 0 Å². The number of ether oxygens (including phenoxy) is 2. The molecule has 0 saturated carbocycles. The molecule has 0 fully saturated rings. The van der Waals surface area contributed by atoms with Crippen molar-refractivity contribution in [3.05, 3.63) is 52.0 Å². The number of hydrogen-bond acceptors (Lipinski definition) is 2. The van der Waals surface area contributed by atoms with Gasteiger partial charge in [-0.3, -0.25) is 0 Å². The molecule has 0 saturated heterocycles. The van der Waals surface area contributed by atoms with Crippen LogP contribution in [0.1, 0.15) is 5.56 Å². The first kappa shape index (κ1) is 15.3. The molecule has 0 spiro atoms. The second kappa shape index (κ2) is 6.54. The fourth-order valence-corrected chi connectivity index (χ4v) is 2.35. The third-order valence-electron chi connectivity index (χ3n) is 2.56. The normalized spacial score (nSPS) is 10.4. The molecule has 2 rings (SSSR count). The van der Waals surface area contributed by atoms with E-state index in [9.17, 15) is 8.78 Å². The lowest BCUT2D eigenvalue weighted by molar-refractivity contribution is 0.398. The van der Waals surface area contributed by atoms with Gasteiger partial charge in [0.05, 0.1) is 11.6 Å². The molecule has 0 aliphatic rings. The maximum Gasteiger partial charge on any atom is 0.198 e. The number of halogens is 4. The first-order valence-electron chi connectivity index (χ1n) is 5.60. The first-order chi connectivity index (χ1) is 9.55. The molecule has 0 bridgehead atoms. The molecule has 0 atom stereocenters. The Labute approximate surface area is 132 Å². The fourth-order valence-electron chi connectivity index (χ4n) is 1.59. The zero-order valence-corrected chi connectivity index (χ0v) is 13.6. The van der Waals surface area contributed by atoms with Crippen molar-refractivity contribution in [2.24, 2.45) is 0 Å². The van der Waals surface area contributed by atoms with Gasteiger partial charge in [0.25, 0.3) is 0 Å². The maximum atomic E-state index is 13.8. The molecular weight excluding hydrogens is 398 g/mol. The predicted molar refractivity (Wildman–Crippen MR) is 79.8 cm³/mol. The number of hydrogen-bond donors (Lipinski definition) is 0. The number of methoxy groups -OCH3 is 1. The number of alkyl halides is 1. The van der Waals surface area contributed by atoms with Crippen molar-refractivity contribution in [3.63, 3.8) is 0 Å². The first-order valence-corrected chi connectivity index (χ1v) is 7.52. The molecule has 2 aromatic carbocycles. The minimum Gasteiger partial charge on any atom is -0.497 e. The highest BCUT2D eigenvalue weighted by atomic mass is 79.9. The summed E-state index contributed by atoms with van der Waals surface area (Å²) < 4.78 is 38.6. The number of rotatable bonds is 4. The van der Waals surface area contributed by atoms with E-state index < -0.39 is 17.4 Å². The lowest BCUT2D eigenvalue weighted by Gasteiger charge is -2.11. The molecule has 6 heteroatoms. The molecular formula is C14H10Br2F2O2. The van der Waals surface area contributed by atoms with Crippen LogP contribution in [0.2, 0.25) is 0 Å². The van der Waals surface area contributed by atoms with Crippen LogP contribution in [0.15, 0.2) is 34.8 Å². The van der Waals surface area contributed by atoms with Gasteiger partial charge in [0.15, 0.2) is 17.4 Å². The van der Waals surface area contributed by atoms with E-state index in [0.717, 1.165) is 0 Å². The summed E-state index contributed by atoms with van der Waals surface area (Å²) in [6.07, 6.45) is 0. The van der Waals surface area contributed by atoms with Gasteiger partial charge in [0, 0.05) is 5.33 Å². The number of benzene rings is 2. The smallest absolute Gasteiger partial charge is 0.198 e. The van der Waals surface area contributed by atoms with Crippen LogP contribution in [0, 0.1) is 11.6 Å². The van der Waals surface area contributed by atoms with E-state index in [4.69, 9.17) is 9.47 Å². The van der Waals surface area contributed by atoms with Crippen LogP contribution in [0.4, 0.5) is 8.78 Å². The Morgan fingerprint density at radius 3 is 2.25 bits per heavy atom. The Hall–Kier alpha value is -1.14. The highest BCUT2D eigenvalue weighted by Crippen LogP contribution is 2.35. The summed E-state index contributed by atoms with van der Waals surface area (Å²) in [5, 5.41) is 0.368. The molecule has 0 aliphatic heterocycles. The van der Waals surface area contributed by atoms with E-state index in [-0.39, 0.29) is 0 Å². The summed E-state index contributed by atoms with van der Waals surface area (Å²) in [7, 11) is 1.53. The van der Waals surface area contributed by atoms with E-state index in [2.05, 4.69) is 31.9 Å². The molecule has 106 valence electrons. The summed E-state index contributed by atoms with van der Waals surface area (Å²) in [6.45, 7) is 0. The predicted octanol–water partition coefficient (Wildman–Crippen LogP) is 5.42. The van der Waals surface area contributed by atoms with Crippen LogP contribution < -0.4 is 9.47 Å². The average Bonchev–Trinajstić information content (AvgIpc) is 2.43. The Morgan fingerprint density at radius 1 is 1.10 bits per heavy atom. The Balaban J connectivity index is 2.35. The van der Waals surface area contributed by atoms with Crippen molar-refractivity contribution in [3.8, 4) is 17.2 Å². The van der Waals surface area contributed by atoms with Gasteiger partial charge in [-0.1, -0.05) is 15.9 Å². The Kier molecular flexibility index (Phi) is 4.99. The van der Waals surface area contributed by atoms with Crippen LogP contribution in [-0.2, 0) is 5.33 Å². The standard InChI is InChI=1S/C14H10Br2F2O2/c1-19-9-2-3-13(10(16)6-9)20-14-11(17)4-8(7-15)5-12(14)18/h2-6H,7H2,1H3. The van der Waals surface area contributed by atoms with Crippen molar-refractivity contribution in [2.45, 2.75) is 5.33 Å². The lowest BCUT2D eigenvalue weighted by atomic mass is 10.2. The Bertz CT molecular complexity index is 610. The molecule has 0 amide bonds. The van der Waals surface area contributed by atoms with Crippen molar-refractivity contribution in [2.75, 3.05) is 7.11 Å². The summed E-state index contributed by atoms with van der Waals surface area (Å²) >= 11 is 6.41. The van der Waals surface area contributed by atoms with Crippen LogP contribution in [0.25, 0.3) is 0 Å². The fraction of sp³-hybridized carbons (Fsp3) is 0.143. The molecule has 0 heterocycles. The SMILES string of the molecule is COc1ccc(Oc2c(F)cc(CBr)cc2F)c(Br)c1. The van der Waals surface area contributed by atoms with Gasteiger partial charge in [0.1, 0.15) is 11.5 Å². The molecule has 0 aliphatic carbocycles. The average molecular weight is 408 g/mol. The van der Waals surface area contributed by atoms with Crippen molar-refractivity contribution >= 4 is 31.9 Å². The van der Waals surface area contributed by atoms with E-state index in [1.807, 2.05) is 0 Å². The summed E-state index contributed by atoms with van der Waals surface area (Å²) in [4.78, 5) is 0. The van der Waals surface area contributed by atoms with Gasteiger partial charge in [-0.25, -0.2) is 8.78 Å². The highest BCUT2D eigenvalue weighted by molar-refractivity contribution is 9.10. The zero-order valence-electron chi connectivity index (χ0n) is 10.4. The minimum absolute atomic E-state index is 0.301. The molecule has 0 N–H and O–H groups in total. The van der Waals surface area contributed by atoms with E-state index >= 15 is 0 Å². The largest absolute Gasteiger partial charge is 0.497 e. The molecule has 20 heavy (non-hydrogen) atoms. The van der Waals surface area contributed by atoms with Crippen LogP contribution in [0.5, 0.6) is 17.2 Å². The quantitative estimate of drug-likeness (QED) is 0.629. The molecule has 2 nitrogen and oxygen atoms in total. The van der Waals surface area contributed by atoms with Crippen LogP contribution in [0.3, 0.4) is 0 Å². The zero-order chi connectivity index (χ0) is 14.7. The highest BCUT2D eigenvalue weighted by Gasteiger charge is 2.15. The third-order valence-corrected chi connectivity index (χ3v) is 3.83. The molecule has 0 radical (unpaired) electrons. The van der Waals surface area contributed by atoms with Crippen LogP contribution in [-0.4, -0.2) is 7.11 Å². The van der Waals surface area contributed by atoms with E-state index in [0.29, 0.717) is 26.9 Å². The maximum absolute atomic E-state index is 13.8. The van der Waals surface area contributed by atoms with Crippen molar-refractivity contribution < 1.29 is 18.3 Å². The second-order valence-corrected chi connectivity index (χ2v) is 5.34. The van der Waals surface area contributed by atoms with Crippen molar-refractivity contribution in [1.82, 2.24) is 0 Å². The van der Waals surface area contributed by atoms with Gasteiger partial charge in [-0.15, -0.1) is 0 Å². The summed E-state index contributed by atoms with van der Waals surface area (Å²) in [5.41, 5.74) is 0.501. The van der Waals surface area contributed by atoms with E-state index in [1.54, 1.807) is 18.2 Å². The van der Waals surface area contributed by atoms with Gasteiger partial charge in [-0.2, -0.15) is 0 Å². The van der Waals surface area contributed by atoms with Gasteiger partial charge >= 0.3 is 0 Å². The molecule has 0 aromatic heterocycles. The lowest BCUT2D eigenvalue weighted by Crippen LogP contribution is -1.95. The van der Waals surface area contributed by atoms with Gasteiger partial charge < -0.3 is 9.47 Å². The summed E-state index contributed by atoms with van der Waals surface area (Å²) in [6, 6.07) is 7.32. The topological polar surface area (TPSA) is 18.5 Å². The van der Waals surface area contributed by atoms with E-state index in [1.165, 1.54) is 19.2 Å². The molecule has 2 aromatic rings. The van der Waals surface area contributed by atoms with Crippen LogP contribution >= 0.6 is 31.9 Å². The minimum atomic E-state index is -0.748. The van der Waals surface area contributed by atoms with Gasteiger partial charge in [0.2, 0.25) is 0 Å². The Morgan fingerprint density at radius 2 is 1.75 bits per heavy atom. The third kappa shape index (κ3) is 3.30. The van der Waals surface area contributed by atoms with Gasteiger partial charge in [-0.05, 0) is 51.8 Å². The molecule has 0 unspecified atom stereocenters. The monoisotopic (exact) mass is 406 g/mol. The second-order valence-electron chi connectivity index (χ2n) is 3.92.